The van der Waals surface area contributed by atoms with Crippen molar-refractivity contribution < 1.29 is 0 Å². The van der Waals surface area contributed by atoms with Crippen molar-refractivity contribution in [2.45, 2.75) is 6.92 Å². The minimum absolute atomic E-state index is 0.720. The van der Waals surface area contributed by atoms with Crippen molar-refractivity contribution in [2.75, 3.05) is 5.43 Å². The van der Waals surface area contributed by atoms with Crippen LogP contribution >= 0.6 is 22.9 Å². The van der Waals surface area contributed by atoms with Crippen molar-refractivity contribution in [2.24, 2.45) is 5.10 Å². The molecule has 4 aromatic rings. The molecule has 0 aliphatic carbocycles. The van der Waals surface area contributed by atoms with Crippen molar-refractivity contribution in [3.8, 4) is 11.3 Å². The maximum absolute atomic E-state index is 5.94. The first kappa shape index (κ1) is 16.8. The Morgan fingerprint density at radius 1 is 1.00 bits per heavy atom. The highest BCUT2D eigenvalue weighted by molar-refractivity contribution is 7.14. The Morgan fingerprint density at radius 3 is 2.58 bits per heavy atom. The van der Waals surface area contributed by atoms with Gasteiger partial charge in [0.05, 0.1) is 11.4 Å². The molecule has 0 bridgehead atoms. The second-order valence-corrected chi connectivity index (χ2v) is 7.21. The fraction of sp³-hybridized carbons (Fsp3) is 0.0476. The Kier molecular flexibility index (Phi) is 4.69. The number of halogens is 1. The van der Waals surface area contributed by atoms with Crippen molar-refractivity contribution in [1.29, 1.82) is 0 Å². The van der Waals surface area contributed by atoms with Crippen LogP contribution in [-0.2, 0) is 0 Å². The van der Waals surface area contributed by atoms with E-state index in [0.717, 1.165) is 32.7 Å². The lowest BCUT2D eigenvalue weighted by Crippen LogP contribution is -1.99. The molecular weight excluding hydrogens is 362 g/mol. The van der Waals surface area contributed by atoms with Gasteiger partial charge in [0.15, 0.2) is 0 Å². The number of hydrogen-bond acceptors (Lipinski definition) is 4. The van der Waals surface area contributed by atoms with E-state index in [0.29, 0.717) is 0 Å². The van der Waals surface area contributed by atoms with E-state index in [1.54, 1.807) is 0 Å². The van der Waals surface area contributed by atoms with Crippen molar-refractivity contribution >= 4 is 44.6 Å². The first-order chi connectivity index (χ1) is 12.7. The molecule has 0 spiro atoms. The molecule has 1 heterocycles. The Labute approximate surface area is 161 Å². The highest BCUT2D eigenvalue weighted by Crippen LogP contribution is 2.26. The average molecular weight is 378 g/mol. The molecule has 3 nitrogen and oxygen atoms in total. The van der Waals surface area contributed by atoms with Gasteiger partial charge >= 0.3 is 0 Å². The van der Waals surface area contributed by atoms with Gasteiger partial charge in [0, 0.05) is 16.0 Å². The highest BCUT2D eigenvalue weighted by atomic mass is 35.5. The van der Waals surface area contributed by atoms with Crippen molar-refractivity contribution in [1.82, 2.24) is 4.98 Å². The summed E-state index contributed by atoms with van der Waals surface area (Å²) in [6.07, 6.45) is 0. The Bertz CT molecular complexity index is 1080. The number of hydrogen-bond donors (Lipinski definition) is 1. The smallest absolute Gasteiger partial charge is 0.203 e. The summed E-state index contributed by atoms with van der Waals surface area (Å²) in [4.78, 5) is 4.58. The minimum Gasteiger partial charge on any atom is -0.252 e. The van der Waals surface area contributed by atoms with Gasteiger partial charge in [-0.25, -0.2) is 4.98 Å². The number of thiazole rings is 1. The van der Waals surface area contributed by atoms with Crippen LogP contribution < -0.4 is 5.43 Å². The molecule has 26 heavy (non-hydrogen) atoms. The number of anilines is 1. The molecule has 0 aliphatic heterocycles. The van der Waals surface area contributed by atoms with E-state index in [9.17, 15) is 0 Å². The number of benzene rings is 3. The molecule has 3 aromatic carbocycles. The molecular formula is C21H16ClN3S. The fourth-order valence-corrected chi connectivity index (χ4v) is 3.48. The van der Waals surface area contributed by atoms with Gasteiger partial charge in [-0.2, -0.15) is 5.10 Å². The van der Waals surface area contributed by atoms with Gasteiger partial charge in [-0.1, -0.05) is 60.1 Å². The predicted octanol–water partition coefficient (Wildman–Crippen LogP) is 6.45. The van der Waals surface area contributed by atoms with Crippen LogP contribution in [-0.4, -0.2) is 10.7 Å². The van der Waals surface area contributed by atoms with Crippen LogP contribution in [0.4, 0.5) is 5.13 Å². The zero-order chi connectivity index (χ0) is 17.9. The first-order valence-corrected chi connectivity index (χ1v) is 9.46. The molecule has 0 radical (unpaired) electrons. The van der Waals surface area contributed by atoms with Gasteiger partial charge in [-0.15, -0.1) is 11.3 Å². The summed E-state index contributed by atoms with van der Waals surface area (Å²) in [6, 6.07) is 22.3. The lowest BCUT2D eigenvalue weighted by molar-refractivity contribution is 1.27. The molecule has 0 aliphatic rings. The van der Waals surface area contributed by atoms with E-state index in [2.05, 4.69) is 45.8 Å². The third-order valence-electron chi connectivity index (χ3n) is 4.13. The number of nitrogens with zero attached hydrogens (tertiary/aromatic N) is 2. The van der Waals surface area contributed by atoms with Crippen molar-refractivity contribution in [3.05, 3.63) is 82.7 Å². The minimum atomic E-state index is 0.720. The van der Waals surface area contributed by atoms with E-state index in [-0.39, 0.29) is 0 Å². The number of rotatable bonds is 4. The lowest BCUT2D eigenvalue weighted by atomic mass is 10.0. The molecule has 0 fully saturated rings. The fourth-order valence-electron chi connectivity index (χ4n) is 2.69. The summed E-state index contributed by atoms with van der Waals surface area (Å²) in [5.74, 6) is 0. The van der Waals surface area contributed by atoms with Crippen LogP contribution in [0.15, 0.2) is 77.2 Å². The summed E-state index contributed by atoms with van der Waals surface area (Å²) in [7, 11) is 0. The van der Waals surface area contributed by atoms with E-state index < -0.39 is 0 Å². The molecule has 0 unspecified atom stereocenters. The second-order valence-electron chi connectivity index (χ2n) is 5.92. The molecule has 0 atom stereocenters. The van der Waals surface area contributed by atoms with Crippen LogP contribution in [0.3, 0.4) is 0 Å². The topological polar surface area (TPSA) is 37.3 Å². The number of nitrogens with one attached hydrogen (secondary N) is 1. The van der Waals surface area contributed by atoms with E-state index in [1.165, 1.54) is 22.1 Å². The standard InChI is InChI=1S/C21H16ClN3S/c1-14(17-7-6-15-4-2-3-5-18(15)12-17)24-25-21-23-20(13-26-21)16-8-10-19(22)11-9-16/h2-13H,1H3,(H,23,25)/b24-14+. The SMILES string of the molecule is C/C(=N\Nc1nc(-c2ccc(Cl)cc2)cs1)c1ccc2ccccc2c1. The zero-order valence-corrected chi connectivity index (χ0v) is 15.7. The van der Waals surface area contributed by atoms with Gasteiger partial charge in [-0.3, -0.25) is 5.43 Å². The van der Waals surface area contributed by atoms with Crippen LogP contribution in [0.1, 0.15) is 12.5 Å². The molecule has 1 N–H and O–H groups in total. The Hall–Kier alpha value is -2.69. The zero-order valence-electron chi connectivity index (χ0n) is 14.1. The normalized spacial score (nSPS) is 11.7. The number of hydrazone groups is 1. The summed E-state index contributed by atoms with van der Waals surface area (Å²) >= 11 is 7.46. The maximum Gasteiger partial charge on any atom is 0.203 e. The number of aromatic nitrogens is 1. The molecule has 0 saturated carbocycles. The molecule has 0 saturated heterocycles. The van der Waals surface area contributed by atoms with Gasteiger partial charge in [0.1, 0.15) is 0 Å². The quantitative estimate of drug-likeness (QED) is 0.327. The first-order valence-electron chi connectivity index (χ1n) is 8.20. The highest BCUT2D eigenvalue weighted by Gasteiger charge is 2.05. The second kappa shape index (κ2) is 7.28. The average Bonchev–Trinajstić information content (AvgIpc) is 3.15. The molecule has 5 heteroatoms. The number of fused-ring (bicyclic) bond motifs is 1. The van der Waals surface area contributed by atoms with Crippen LogP contribution in [0, 0.1) is 0 Å². The van der Waals surface area contributed by atoms with E-state index in [4.69, 9.17) is 11.6 Å². The van der Waals surface area contributed by atoms with E-state index >= 15 is 0 Å². The van der Waals surface area contributed by atoms with Gasteiger partial charge in [0.2, 0.25) is 5.13 Å². The molecule has 4 rings (SSSR count). The van der Waals surface area contributed by atoms with Gasteiger partial charge in [0.25, 0.3) is 0 Å². The lowest BCUT2D eigenvalue weighted by Gasteiger charge is -2.04. The third kappa shape index (κ3) is 3.62. The van der Waals surface area contributed by atoms with Crippen LogP contribution in [0.2, 0.25) is 5.02 Å². The Morgan fingerprint density at radius 2 is 1.77 bits per heavy atom. The molecule has 128 valence electrons. The van der Waals surface area contributed by atoms with E-state index in [1.807, 2.05) is 48.7 Å². The monoisotopic (exact) mass is 377 g/mol. The molecule has 1 aromatic heterocycles. The summed E-state index contributed by atoms with van der Waals surface area (Å²) in [6.45, 7) is 1.99. The summed E-state index contributed by atoms with van der Waals surface area (Å²) in [5.41, 5.74) is 7.01. The van der Waals surface area contributed by atoms with Crippen LogP contribution in [0.25, 0.3) is 22.0 Å². The predicted molar refractivity (Wildman–Crippen MR) is 112 cm³/mol. The summed E-state index contributed by atoms with van der Waals surface area (Å²) in [5, 5.41) is 10.4. The largest absolute Gasteiger partial charge is 0.252 e. The molecule has 0 amide bonds. The van der Waals surface area contributed by atoms with Crippen LogP contribution in [0.5, 0.6) is 0 Å². The van der Waals surface area contributed by atoms with Gasteiger partial charge in [-0.05, 0) is 41.5 Å². The van der Waals surface area contributed by atoms with Gasteiger partial charge < -0.3 is 0 Å². The summed E-state index contributed by atoms with van der Waals surface area (Å²) < 4.78 is 0. The van der Waals surface area contributed by atoms with Crippen molar-refractivity contribution in [3.63, 3.8) is 0 Å². The maximum atomic E-state index is 5.94. The Balaban J connectivity index is 1.52. The third-order valence-corrected chi connectivity index (χ3v) is 5.13.